The van der Waals surface area contributed by atoms with Gasteiger partial charge in [-0.25, -0.2) is 4.79 Å². The van der Waals surface area contributed by atoms with E-state index in [-0.39, 0.29) is 6.03 Å². The van der Waals surface area contributed by atoms with E-state index in [1.165, 1.54) is 0 Å². The number of carbonyl (C=O) groups is 1. The van der Waals surface area contributed by atoms with Crippen molar-refractivity contribution < 1.29 is 9.59 Å². The van der Waals surface area contributed by atoms with Crippen LogP contribution in [0.1, 0.15) is 20.3 Å². The Bertz CT molecular complexity index is 418. The van der Waals surface area contributed by atoms with E-state index in [0.29, 0.717) is 18.0 Å². The predicted molar refractivity (Wildman–Crippen MR) is 79.3 cm³/mol. The van der Waals surface area contributed by atoms with Crippen molar-refractivity contribution in [3.63, 3.8) is 0 Å². The Labute approximate surface area is 118 Å². The molecule has 4 nitrogen and oxygen atoms in total. The molecule has 0 saturated carbocycles. The fourth-order valence-electron chi connectivity index (χ4n) is 1.61. The third-order valence-corrected chi connectivity index (χ3v) is 3.25. The van der Waals surface area contributed by atoms with E-state index in [0.717, 1.165) is 4.90 Å². The molecule has 5 heteroatoms. The van der Waals surface area contributed by atoms with Gasteiger partial charge in [0, 0.05) is 10.6 Å². The fourth-order valence-corrected chi connectivity index (χ4v) is 2.02. The first-order valence-electron chi connectivity index (χ1n) is 6.14. The second-order valence-electron chi connectivity index (χ2n) is 4.63. The van der Waals surface area contributed by atoms with E-state index in [1.54, 1.807) is 11.8 Å². The predicted octanol–water partition coefficient (Wildman–Crippen LogP) is 3.05. The molecule has 1 aromatic rings. The lowest BCUT2D eigenvalue weighted by atomic mass is 10.1. The molecule has 0 spiro atoms. The molecule has 2 amide bonds. The highest BCUT2D eigenvalue weighted by Crippen LogP contribution is 2.17. The van der Waals surface area contributed by atoms with Crippen LogP contribution in [0.15, 0.2) is 29.2 Å². The fraction of sp³-hybridized carbons (Fsp3) is 0.429. The molecule has 103 valence electrons. The molecule has 2 N–H and O–H groups in total. The van der Waals surface area contributed by atoms with Crippen LogP contribution in [0, 0.1) is 5.92 Å². The van der Waals surface area contributed by atoms with Crippen LogP contribution in [0.3, 0.4) is 0 Å². The summed E-state index contributed by atoms with van der Waals surface area (Å²) in [5.41, 5.74) is 0.699. The lowest BCUT2D eigenvalue weighted by molar-refractivity contribution is 0.249. The topological polar surface area (TPSA) is 58.2 Å². The van der Waals surface area contributed by atoms with Crippen molar-refractivity contribution in [1.29, 1.82) is 0 Å². The molecule has 0 fully saturated rings. The van der Waals surface area contributed by atoms with E-state index in [1.807, 2.05) is 50.7 Å². The van der Waals surface area contributed by atoms with E-state index in [2.05, 4.69) is 10.6 Å². The quantitative estimate of drug-likeness (QED) is 0.787. The van der Waals surface area contributed by atoms with Crippen LogP contribution in [0.5, 0.6) is 0 Å². The average molecular weight is 279 g/mol. The lowest BCUT2D eigenvalue weighted by Crippen LogP contribution is -2.39. The van der Waals surface area contributed by atoms with Gasteiger partial charge in [-0.05, 0) is 42.9 Å². The molecule has 0 unspecified atom stereocenters. The number of hydrogen-bond donors (Lipinski definition) is 2. The normalized spacial score (nSPS) is 12.0. The van der Waals surface area contributed by atoms with Gasteiger partial charge in [-0.15, -0.1) is 11.8 Å². The van der Waals surface area contributed by atoms with Crippen LogP contribution >= 0.6 is 11.8 Å². The first-order chi connectivity index (χ1) is 9.05. The van der Waals surface area contributed by atoms with Crippen molar-refractivity contribution in [3.8, 4) is 0 Å². The molecular weight excluding hydrogens is 260 g/mol. The monoisotopic (exact) mass is 279 g/mol. The Morgan fingerprint density at radius 1 is 1.32 bits per heavy atom. The maximum atomic E-state index is 11.7. The molecule has 0 aliphatic heterocycles. The Hall–Kier alpha value is -1.49. The molecule has 1 atom stereocenters. The van der Waals surface area contributed by atoms with Gasteiger partial charge >= 0.3 is 6.03 Å². The van der Waals surface area contributed by atoms with Gasteiger partial charge in [0.1, 0.15) is 0 Å². The highest BCUT2D eigenvalue weighted by atomic mass is 32.2. The van der Waals surface area contributed by atoms with E-state index >= 15 is 0 Å². The molecular formula is C14H19N2O2S. The average Bonchev–Trinajstić information content (AvgIpc) is 2.38. The van der Waals surface area contributed by atoms with E-state index < -0.39 is 6.04 Å². The van der Waals surface area contributed by atoms with Gasteiger partial charge in [0.15, 0.2) is 0 Å². The van der Waals surface area contributed by atoms with Gasteiger partial charge in [-0.1, -0.05) is 13.8 Å². The maximum Gasteiger partial charge on any atom is 0.319 e. The number of anilines is 1. The van der Waals surface area contributed by atoms with Gasteiger partial charge in [-0.3, -0.25) is 4.79 Å². The minimum absolute atomic E-state index is 0.326. The second kappa shape index (κ2) is 7.84. The van der Waals surface area contributed by atoms with Gasteiger partial charge in [-0.2, -0.15) is 0 Å². The highest BCUT2D eigenvalue weighted by molar-refractivity contribution is 7.98. The minimum Gasteiger partial charge on any atom is -0.328 e. The van der Waals surface area contributed by atoms with Crippen LogP contribution in [-0.2, 0) is 4.79 Å². The first-order valence-corrected chi connectivity index (χ1v) is 7.37. The summed E-state index contributed by atoms with van der Waals surface area (Å²) >= 11 is 1.64. The van der Waals surface area contributed by atoms with Crippen molar-refractivity contribution in [2.24, 2.45) is 5.92 Å². The summed E-state index contributed by atoms with van der Waals surface area (Å²) < 4.78 is 0. The Balaban J connectivity index is 2.51. The van der Waals surface area contributed by atoms with Crippen LogP contribution < -0.4 is 10.6 Å². The molecule has 0 bridgehead atoms. The van der Waals surface area contributed by atoms with Gasteiger partial charge < -0.3 is 10.6 Å². The van der Waals surface area contributed by atoms with E-state index in [4.69, 9.17) is 0 Å². The zero-order chi connectivity index (χ0) is 14.3. The highest BCUT2D eigenvalue weighted by Gasteiger charge is 2.13. The molecule has 0 aromatic heterocycles. The second-order valence-corrected chi connectivity index (χ2v) is 5.51. The molecule has 19 heavy (non-hydrogen) atoms. The van der Waals surface area contributed by atoms with Gasteiger partial charge in [0.25, 0.3) is 0 Å². The standard InChI is InChI=1S/C14H19N2O2S/c1-10(2)8-12(9-17)16-14(18)15-11-4-6-13(19-3)7-5-11/h4-7,10,12H,8H2,1-3H3,(H2,15,16,18)/t12-/m0/s1. The van der Waals surface area contributed by atoms with E-state index in [9.17, 15) is 9.59 Å². The Morgan fingerprint density at radius 3 is 2.42 bits per heavy atom. The third-order valence-electron chi connectivity index (χ3n) is 2.50. The molecule has 0 aliphatic rings. The summed E-state index contributed by atoms with van der Waals surface area (Å²) in [6, 6.07) is 6.56. The lowest BCUT2D eigenvalue weighted by Gasteiger charge is -2.14. The summed E-state index contributed by atoms with van der Waals surface area (Å²) in [6.07, 6.45) is 4.42. The maximum absolute atomic E-state index is 11.7. The number of carbonyl (C=O) groups excluding carboxylic acids is 2. The zero-order valence-corrected chi connectivity index (χ0v) is 12.2. The molecule has 0 aliphatic carbocycles. The van der Waals surface area contributed by atoms with Gasteiger partial charge in [0.2, 0.25) is 6.29 Å². The minimum atomic E-state index is -0.564. The summed E-state index contributed by atoms with van der Waals surface area (Å²) in [5, 5.41) is 5.29. The zero-order valence-electron chi connectivity index (χ0n) is 11.4. The number of amides is 2. The van der Waals surface area contributed by atoms with Crippen LogP contribution in [0.2, 0.25) is 0 Å². The first kappa shape index (κ1) is 15.6. The largest absolute Gasteiger partial charge is 0.328 e. The number of benzene rings is 1. The van der Waals surface area contributed by atoms with Crippen molar-refractivity contribution in [2.45, 2.75) is 31.2 Å². The molecule has 1 aromatic carbocycles. The van der Waals surface area contributed by atoms with Crippen molar-refractivity contribution in [2.75, 3.05) is 11.6 Å². The SMILES string of the molecule is CSc1ccc(NC(=O)N[C@H]([C]=O)CC(C)C)cc1. The number of hydrogen-bond acceptors (Lipinski definition) is 3. The molecule has 0 saturated heterocycles. The number of urea groups is 1. The molecule has 1 radical (unpaired) electrons. The summed E-state index contributed by atoms with van der Waals surface area (Å²) in [7, 11) is 0. The Kier molecular flexibility index (Phi) is 6.42. The smallest absolute Gasteiger partial charge is 0.319 e. The molecule has 0 heterocycles. The van der Waals surface area contributed by atoms with Crippen LogP contribution in [0.4, 0.5) is 10.5 Å². The number of thioether (sulfide) groups is 1. The van der Waals surface area contributed by atoms with Crippen molar-refractivity contribution in [1.82, 2.24) is 5.32 Å². The van der Waals surface area contributed by atoms with Crippen LogP contribution in [-0.4, -0.2) is 24.6 Å². The van der Waals surface area contributed by atoms with Crippen LogP contribution in [0.25, 0.3) is 0 Å². The summed E-state index contributed by atoms with van der Waals surface area (Å²) in [4.78, 5) is 23.6. The van der Waals surface area contributed by atoms with Gasteiger partial charge in [0.05, 0.1) is 6.04 Å². The number of rotatable bonds is 6. The third kappa shape index (κ3) is 5.79. The van der Waals surface area contributed by atoms with Crippen molar-refractivity contribution >= 4 is 29.8 Å². The summed E-state index contributed by atoms with van der Waals surface area (Å²) in [6.45, 7) is 3.98. The van der Waals surface area contributed by atoms with Crippen molar-refractivity contribution in [3.05, 3.63) is 24.3 Å². The number of nitrogens with one attached hydrogen (secondary N) is 2. The summed E-state index contributed by atoms with van der Waals surface area (Å²) in [5.74, 6) is 0.326. The Morgan fingerprint density at radius 2 is 1.95 bits per heavy atom. The molecule has 1 rings (SSSR count).